The maximum absolute atomic E-state index is 13.4. The van der Waals surface area contributed by atoms with E-state index in [1.165, 1.54) is 34.8 Å². The number of nitrogens with zero attached hydrogens (tertiary/aromatic N) is 1. The maximum atomic E-state index is 13.4. The second kappa shape index (κ2) is 5.61. The third-order valence-electron chi connectivity index (χ3n) is 3.26. The van der Waals surface area contributed by atoms with E-state index in [9.17, 15) is 9.18 Å². The lowest BCUT2D eigenvalue weighted by atomic mass is 10.0. The van der Waals surface area contributed by atoms with Crippen LogP contribution in [0.2, 0.25) is 0 Å². The molecular formula is C14H12BrFN2OS. The lowest BCUT2D eigenvalue weighted by molar-refractivity contribution is 0.102. The van der Waals surface area contributed by atoms with E-state index in [0.717, 1.165) is 25.0 Å². The second-order valence-electron chi connectivity index (χ2n) is 4.65. The van der Waals surface area contributed by atoms with Gasteiger partial charge in [0.05, 0.1) is 15.7 Å². The average molecular weight is 355 g/mol. The molecule has 0 radical (unpaired) electrons. The highest BCUT2D eigenvalue weighted by atomic mass is 79.9. The summed E-state index contributed by atoms with van der Waals surface area (Å²) in [5.74, 6) is -0.793. The number of aromatic nitrogens is 1. The zero-order valence-corrected chi connectivity index (χ0v) is 13.0. The Morgan fingerprint density at radius 1 is 1.35 bits per heavy atom. The minimum atomic E-state index is -0.448. The van der Waals surface area contributed by atoms with Gasteiger partial charge in [-0.3, -0.25) is 10.1 Å². The summed E-state index contributed by atoms with van der Waals surface area (Å²) < 4.78 is 13.6. The van der Waals surface area contributed by atoms with Gasteiger partial charge >= 0.3 is 0 Å². The van der Waals surface area contributed by atoms with Crippen molar-refractivity contribution < 1.29 is 9.18 Å². The minimum Gasteiger partial charge on any atom is -0.298 e. The van der Waals surface area contributed by atoms with Crippen LogP contribution in [0.15, 0.2) is 22.7 Å². The van der Waals surface area contributed by atoms with Gasteiger partial charge in [0.15, 0.2) is 5.13 Å². The predicted molar refractivity (Wildman–Crippen MR) is 80.8 cm³/mol. The number of hydrogen-bond acceptors (Lipinski definition) is 3. The van der Waals surface area contributed by atoms with Crippen molar-refractivity contribution in [1.82, 2.24) is 4.98 Å². The van der Waals surface area contributed by atoms with Crippen LogP contribution in [0.25, 0.3) is 0 Å². The molecule has 104 valence electrons. The van der Waals surface area contributed by atoms with Crippen LogP contribution in [-0.4, -0.2) is 10.9 Å². The molecule has 3 nitrogen and oxygen atoms in total. The first-order valence-corrected chi connectivity index (χ1v) is 8.00. The Morgan fingerprint density at radius 3 is 2.95 bits per heavy atom. The number of thiazole rings is 1. The van der Waals surface area contributed by atoms with Gasteiger partial charge in [-0.05, 0) is 53.7 Å². The molecule has 2 aromatic rings. The smallest absolute Gasteiger partial charge is 0.258 e. The molecule has 0 unspecified atom stereocenters. The van der Waals surface area contributed by atoms with Crippen molar-refractivity contribution in [3.05, 3.63) is 44.6 Å². The molecule has 0 fully saturated rings. The predicted octanol–water partition coefficient (Wildman–Crippen LogP) is 4.18. The molecule has 1 heterocycles. The number of anilines is 1. The fourth-order valence-electron chi connectivity index (χ4n) is 2.25. The van der Waals surface area contributed by atoms with Crippen LogP contribution in [0.4, 0.5) is 9.52 Å². The molecule has 0 aliphatic heterocycles. The summed E-state index contributed by atoms with van der Waals surface area (Å²) in [4.78, 5) is 17.9. The summed E-state index contributed by atoms with van der Waals surface area (Å²) in [6.45, 7) is 0. The van der Waals surface area contributed by atoms with Crippen LogP contribution >= 0.6 is 27.3 Å². The molecule has 1 aliphatic rings. The van der Waals surface area contributed by atoms with Gasteiger partial charge in [-0.2, -0.15) is 0 Å². The van der Waals surface area contributed by atoms with Crippen molar-refractivity contribution in [3.8, 4) is 0 Å². The van der Waals surface area contributed by atoms with E-state index in [1.54, 1.807) is 6.07 Å². The van der Waals surface area contributed by atoms with Crippen LogP contribution in [-0.2, 0) is 12.8 Å². The molecule has 0 spiro atoms. The Bertz CT molecular complexity index is 648. The molecule has 6 heteroatoms. The van der Waals surface area contributed by atoms with Crippen molar-refractivity contribution in [2.75, 3.05) is 5.32 Å². The Morgan fingerprint density at radius 2 is 2.15 bits per heavy atom. The fraction of sp³-hybridized carbons (Fsp3) is 0.286. The fourth-order valence-corrected chi connectivity index (χ4v) is 3.74. The third-order valence-corrected chi connectivity index (χ3v) is 5.14. The van der Waals surface area contributed by atoms with E-state index in [1.807, 2.05) is 0 Å². The van der Waals surface area contributed by atoms with Gasteiger partial charge < -0.3 is 0 Å². The van der Waals surface area contributed by atoms with Crippen molar-refractivity contribution in [3.63, 3.8) is 0 Å². The summed E-state index contributed by atoms with van der Waals surface area (Å²) in [6.07, 6.45) is 4.34. The number of carbonyl (C=O) groups is 1. The zero-order chi connectivity index (χ0) is 14.1. The first-order valence-electron chi connectivity index (χ1n) is 6.39. The number of amides is 1. The first-order chi connectivity index (χ1) is 9.65. The standard InChI is InChI=1S/C14H12BrFN2OS/c15-12-8(4-3-5-9(12)16)13(19)18-14-17-10-6-1-2-7-11(10)20-14/h3-5H,1-2,6-7H2,(H,17,18,19). The highest BCUT2D eigenvalue weighted by Crippen LogP contribution is 2.30. The number of benzene rings is 1. The summed E-state index contributed by atoms with van der Waals surface area (Å²) in [5.41, 5.74) is 1.37. The van der Waals surface area contributed by atoms with Gasteiger partial charge in [0.1, 0.15) is 5.82 Å². The molecular weight excluding hydrogens is 343 g/mol. The van der Waals surface area contributed by atoms with Crippen LogP contribution in [0.5, 0.6) is 0 Å². The molecule has 1 aliphatic carbocycles. The molecule has 3 rings (SSSR count). The van der Waals surface area contributed by atoms with Gasteiger partial charge in [-0.25, -0.2) is 9.37 Å². The van der Waals surface area contributed by atoms with Crippen LogP contribution < -0.4 is 5.32 Å². The van der Waals surface area contributed by atoms with Gasteiger partial charge in [0.2, 0.25) is 0 Å². The first kappa shape index (κ1) is 13.7. The number of carbonyl (C=O) groups excluding carboxylic acids is 1. The summed E-state index contributed by atoms with van der Waals surface area (Å²) in [7, 11) is 0. The molecule has 0 atom stereocenters. The Kier molecular flexibility index (Phi) is 3.85. The van der Waals surface area contributed by atoms with Crippen molar-refractivity contribution in [2.24, 2.45) is 0 Å². The summed E-state index contributed by atoms with van der Waals surface area (Å²) in [5, 5.41) is 3.35. The van der Waals surface area contributed by atoms with Gasteiger partial charge in [0, 0.05) is 4.88 Å². The second-order valence-corrected chi connectivity index (χ2v) is 6.53. The normalized spacial score (nSPS) is 13.9. The topological polar surface area (TPSA) is 42.0 Å². The van der Waals surface area contributed by atoms with Crippen LogP contribution in [0.1, 0.15) is 33.8 Å². The number of aryl methyl sites for hydroxylation is 2. The van der Waals surface area contributed by atoms with E-state index in [0.29, 0.717) is 5.13 Å². The molecule has 1 amide bonds. The SMILES string of the molecule is O=C(Nc1nc2c(s1)CCCC2)c1cccc(F)c1Br. The lowest BCUT2D eigenvalue weighted by Crippen LogP contribution is -2.13. The van der Waals surface area contributed by atoms with Crippen LogP contribution in [0.3, 0.4) is 0 Å². The van der Waals surface area contributed by atoms with E-state index in [2.05, 4.69) is 26.2 Å². The van der Waals surface area contributed by atoms with Gasteiger partial charge in [0.25, 0.3) is 5.91 Å². The Balaban J connectivity index is 1.82. The van der Waals surface area contributed by atoms with E-state index < -0.39 is 5.82 Å². The molecule has 1 aromatic heterocycles. The van der Waals surface area contributed by atoms with Gasteiger partial charge in [-0.1, -0.05) is 6.07 Å². The van der Waals surface area contributed by atoms with Gasteiger partial charge in [-0.15, -0.1) is 11.3 Å². The van der Waals surface area contributed by atoms with E-state index in [-0.39, 0.29) is 15.9 Å². The highest BCUT2D eigenvalue weighted by molar-refractivity contribution is 9.10. The monoisotopic (exact) mass is 354 g/mol. The quantitative estimate of drug-likeness (QED) is 0.878. The maximum Gasteiger partial charge on any atom is 0.258 e. The van der Waals surface area contributed by atoms with Crippen molar-refractivity contribution >= 4 is 38.3 Å². The molecule has 0 saturated carbocycles. The van der Waals surface area contributed by atoms with E-state index in [4.69, 9.17) is 0 Å². The molecule has 20 heavy (non-hydrogen) atoms. The average Bonchev–Trinajstić information content (AvgIpc) is 2.83. The summed E-state index contributed by atoms with van der Waals surface area (Å²) >= 11 is 4.61. The zero-order valence-electron chi connectivity index (χ0n) is 10.6. The lowest BCUT2D eigenvalue weighted by Gasteiger charge is -2.06. The molecule has 0 saturated heterocycles. The number of fused-ring (bicyclic) bond motifs is 1. The molecule has 0 bridgehead atoms. The summed E-state index contributed by atoms with van der Waals surface area (Å²) in [6, 6.07) is 4.40. The molecule has 1 aromatic carbocycles. The largest absolute Gasteiger partial charge is 0.298 e. The number of rotatable bonds is 2. The minimum absolute atomic E-state index is 0.179. The third kappa shape index (κ3) is 2.62. The number of hydrogen-bond donors (Lipinski definition) is 1. The molecule has 1 N–H and O–H groups in total. The van der Waals surface area contributed by atoms with Crippen molar-refractivity contribution in [2.45, 2.75) is 25.7 Å². The van der Waals surface area contributed by atoms with Crippen molar-refractivity contribution in [1.29, 1.82) is 0 Å². The number of nitrogens with one attached hydrogen (secondary N) is 1. The Hall–Kier alpha value is -1.27. The van der Waals surface area contributed by atoms with Crippen LogP contribution in [0, 0.1) is 5.82 Å². The highest BCUT2D eigenvalue weighted by Gasteiger charge is 2.18. The van der Waals surface area contributed by atoms with E-state index >= 15 is 0 Å². The number of halogens is 2. The Labute approximate surface area is 128 Å².